The number of carbonyl (C=O) groups is 2. The molecule has 49 heavy (non-hydrogen) atoms. The minimum absolute atomic E-state index is 0.110. The first-order chi connectivity index (χ1) is 23.8. The van der Waals surface area contributed by atoms with Crippen molar-refractivity contribution in [2.45, 2.75) is 50.3 Å². The Bertz CT molecular complexity index is 1960. The number of hydrogen-bond donors (Lipinski definition) is 3. The number of aromatic amines is 1. The molecule has 3 aliphatic rings. The van der Waals surface area contributed by atoms with Crippen LogP contribution in [0.25, 0.3) is 21.9 Å². The monoisotopic (exact) mass is 684 g/mol. The second-order valence-electron chi connectivity index (χ2n) is 13.2. The number of ether oxygens (including phenoxy) is 1. The number of aromatic nitrogens is 3. The van der Waals surface area contributed by atoms with Crippen LogP contribution in [-0.4, -0.2) is 106 Å². The number of nitrogens with two attached hydrogens (primary N) is 1. The van der Waals surface area contributed by atoms with Gasteiger partial charge in [-0.05, 0) is 49.4 Å². The van der Waals surface area contributed by atoms with Crippen LogP contribution in [0.5, 0.6) is 0 Å². The van der Waals surface area contributed by atoms with Crippen molar-refractivity contribution in [1.29, 1.82) is 0 Å². The number of likely N-dealkylation sites (tertiary alicyclic amines) is 2. The fraction of sp³-hybridized carbons (Fsp3) is 0.444. The summed E-state index contributed by atoms with van der Waals surface area (Å²) in [6, 6.07) is 11.4. The van der Waals surface area contributed by atoms with E-state index in [0.717, 1.165) is 61.0 Å². The number of imidazole rings is 1. The van der Waals surface area contributed by atoms with Crippen LogP contribution in [-0.2, 0) is 16.0 Å². The van der Waals surface area contributed by atoms with Gasteiger partial charge in [0.05, 0.1) is 33.5 Å². The molecule has 12 nitrogen and oxygen atoms in total. The van der Waals surface area contributed by atoms with Gasteiger partial charge in [-0.1, -0.05) is 35.7 Å². The lowest BCUT2D eigenvalue weighted by molar-refractivity contribution is -0.142. The number of terminal acetylenes is 1. The van der Waals surface area contributed by atoms with Gasteiger partial charge in [0.2, 0.25) is 0 Å². The van der Waals surface area contributed by atoms with Crippen molar-refractivity contribution in [2.24, 2.45) is 0 Å². The number of nitrogen functional groups attached to an aromatic ring is 1. The van der Waals surface area contributed by atoms with Gasteiger partial charge in [-0.2, -0.15) is 0 Å². The van der Waals surface area contributed by atoms with Crippen LogP contribution in [0, 0.1) is 12.3 Å². The van der Waals surface area contributed by atoms with E-state index in [1.165, 1.54) is 0 Å². The Kier molecular flexibility index (Phi) is 9.49. The van der Waals surface area contributed by atoms with Gasteiger partial charge in [-0.3, -0.25) is 19.2 Å². The van der Waals surface area contributed by atoms with Gasteiger partial charge in [0.1, 0.15) is 0 Å². The van der Waals surface area contributed by atoms with Crippen molar-refractivity contribution in [3.8, 4) is 12.3 Å². The number of hydrogen-bond acceptors (Lipinski definition) is 8. The number of H-pyrrole nitrogens is 1. The molecule has 3 aliphatic heterocycles. The summed E-state index contributed by atoms with van der Waals surface area (Å²) >= 11 is 6.39. The molecule has 0 aliphatic carbocycles. The molecule has 4 aromatic rings. The van der Waals surface area contributed by atoms with Crippen LogP contribution < -0.4 is 16.7 Å². The molecule has 2 aromatic carbocycles. The number of piperidine rings is 2. The Hall–Kier alpha value is -4.57. The summed E-state index contributed by atoms with van der Waals surface area (Å²) in [4.78, 5) is 54.3. The Morgan fingerprint density at radius 3 is 2.45 bits per heavy atom. The Labute approximate surface area is 289 Å². The van der Waals surface area contributed by atoms with Crippen LogP contribution >= 0.6 is 11.6 Å². The van der Waals surface area contributed by atoms with Gasteiger partial charge in [-0.25, -0.2) is 9.59 Å². The summed E-state index contributed by atoms with van der Waals surface area (Å²) in [5, 5.41) is 4.57. The largest absolute Gasteiger partial charge is 0.436 e. The zero-order valence-electron chi connectivity index (χ0n) is 27.4. The van der Waals surface area contributed by atoms with Gasteiger partial charge in [-0.15, -0.1) is 6.42 Å². The molecule has 0 bridgehead atoms. The lowest BCUT2D eigenvalue weighted by atomic mass is 9.99. The standard InChI is InChI=1S/C36H41ClN8O4/c1-2-24-19-23(20-28(37)32(24)38)21-31(34(46)43-13-7-25(8-14-43)42-17-11-39-12-18-42)49-36(48)44-15-9-26(10-16-44)45-30-22-40-29-6-4-3-5-27(29)33(30)41-35(45)47/h1,3-6,19-20,22,25-26,31,39H,7-18,21,38H2,(H,41,47)/t31-/m1/s1. The number of anilines is 1. The molecule has 4 N–H and O–H groups in total. The molecule has 3 saturated heterocycles. The first-order valence-corrected chi connectivity index (χ1v) is 17.4. The number of halogens is 1. The second kappa shape index (κ2) is 14.1. The van der Waals surface area contributed by atoms with E-state index in [1.807, 2.05) is 29.2 Å². The number of piperazine rings is 1. The van der Waals surface area contributed by atoms with Crippen LogP contribution in [0.4, 0.5) is 10.5 Å². The molecule has 0 radical (unpaired) electrons. The highest BCUT2D eigenvalue weighted by Crippen LogP contribution is 2.29. The number of benzene rings is 2. The molecule has 2 amide bonds. The molecule has 0 unspecified atom stereocenters. The summed E-state index contributed by atoms with van der Waals surface area (Å²) in [6.45, 7) is 5.89. The van der Waals surface area contributed by atoms with E-state index in [2.05, 4.69) is 26.1 Å². The highest BCUT2D eigenvalue weighted by Gasteiger charge is 2.35. The predicted molar refractivity (Wildman–Crippen MR) is 190 cm³/mol. The third-order valence-electron chi connectivity index (χ3n) is 10.3. The van der Waals surface area contributed by atoms with Gasteiger partial charge < -0.3 is 30.6 Å². The average molecular weight is 685 g/mol. The maximum absolute atomic E-state index is 14.0. The van der Waals surface area contributed by atoms with Crippen LogP contribution in [0.15, 0.2) is 47.4 Å². The van der Waals surface area contributed by atoms with Crippen molar-refractivity contribution < 1.29 is 14.3 Å². The third kappa shape index (κ3) is 6.71. The molecule has 1 atom stereocenters. The predicted octanol–water partition coefficient (Wildman–Crippen LogP) is 3.38. The van der Waals surface area contributed by atoms with Crippen molar-refractivity contribution in [2.75, 3.05) is 58.1 Å². The summed E-state index contributed by atoms with van der Waals surface area (Å²) in [7, 11) is 0. The van der Waals surface area contributed by atoms with Crippen LogP contribution in [0.1, 0.15) is 42.9 Å². The fourth-order valence-electron chi connectivity index (χ4n) is 7.59. The first-order valence-electron chi connectivity index (χ1n) is 17.0. The molecule has 256 valence electrons. The molecule has 0 saturated carbocycles. The van der Waals surface area contributed by atoms with E-state index in [9.17, 15) is 14.4 Å². The zero-order valence-corrected chi connectivity index (χ0v) is 28.1. The van der Waals surface area contributed by atoms with E-state index < -0.39 is 12.2 Å². The maximum atomic E-state index is 14.0. The van der Waals surface area contributed by atoms with E-state index in [1.54, 1.807) is 27.8 Å². The van der Waals surface area contributed by atoms with E-state index in [4.69, 9.17) is 28.5 Å². The number of pyridine rings is 1. The molecule has 0 spiro atoms. The zero-order chi connectivity index (χ0) is 34.1. The van der Waals surface area contributed by atoms with Crippen molar-refractivity contribution in [3.05, 3.63) is 69.2 Å². The first kappa shape index (κ1) is 33.0. The number of amides is 2. The minimum atomic E-state index is -1.07. The lowest BCUT2D eigenvalue weighted by Crippen LogP contribution is -2.54. The molecular weight excluding hydrogens is 644 g/mol. The molecular formula is C36H41ClN8O4. The molecule has 13 heteroatoms. The number of rotatable bonds is 6. The van der Waals surface area contributed by atoms with Gasteiger partial charge in [0.15, 0.2) is 6.10 Å². The van der Waals surface area contributed by atoms with E-state index in [0.29, 0.717) is 61.9 Å². The second-order valence-corrected chi connectivity index (χ2v) is 13.6. The van der Waals surface area contributed by atoms with Gasteiger partial charge in [0.25, 0.3) is 5.91 Å². The van der Waals surface area contributed by atoms with E-state index in [-0.39, 0.29) is 29.1 Å². The highest BCUT2D eigenvalue weighted by atomic mass is 35.5. The van der Waals surface area contributed by atoms with Crippen LogP contribution in [0.2, 0.25) is 5.02 Å². The molecule has 5 heterocycles. The van der Waals surface area contributed by atoms with Crippen molar-refractivity contribution >= 4 is 51.2 Å². The van der Waals surface area contributed by atoms with Gasteiger partial charge >= 0.3 is 11.8 Å². The summed E-state index contributed by atoms with van der Waals surface area (Å²) < 4.78 is 7.78. The maximum Gasteiger partial charge on any atom is 0.410 e. The van der Waals surface area contributed by atoms with Crippen molar-refractivity contribution in [1.82, 2.24) is 34.6 Å². The topological polar surface area (TPSA) is 142 Å². The number of fused-ring (bicyclic) bond motifs is 3. The Morgan fingerprint density at radius 2 is 1.71 bits per heavy atom. The highest BCUT2D eigenvalue weighted by molar-refractivity contribution is 6.33. The Balaban J connectivity index is 1.05. The normalized spacial score (nSPS) is 18.9. The van der Waals surface area contributed by atoms with Crippen molar-refractivity contribution in [3.63, 3.8) is 0 Å². The minimum Gasteiger partial charge on any atom is -0.436 e. The molecule has 3 fully saturated rings. The van der Waals surface area contributed by atoms with Crippen LogP contribution in [0.3, 0.4) is 0 Å². The summed E-state index contributed by atoms with van der Waals surface area (Å²) in [5.41, 5.74) is 9.54. The fourth-order valence-corrected chi connectivity index (χ4v) is 7.84. The quantitative estimate of drug-likeness (QED) is 0.207. The van der Waals surface area contributed by atoms with E-state index >= 15 is 0 Å². The average Bonchev–Trinajstić information content (AvgIpc) is 3.49. The number of para-hydroxylation sites is 1. The third-order valence-corrected chi connectivity index (χ3v) is 10.6. The molecule has 7 rings (SSSR count). The smallest absolute Gasteiger partial charge is 0.410 e. The molecule has 2 aromatic heterocycles. The summed E-state index contributed by atoms with van der Waals surface area (Å²) in [6.07, 6.45) is 8.71. The Morgan fingerprint density at radius 1 is 1.02 bits per heavy atom. The SMILES string of the molecule is C#Cc1cc(C[C@@H](OC(=O)N2CCC(n3c(=O)[nH]c4c5ccccc5ncc43)CC2)C(=O)N2CCC(N3CCNCC3)CC2)cc(Cl)c1N. The number of nitrogens with zero attached hydrogens (tertiary/aromatic N) is 5. The number of carbonyl (C=O) groups excluding carboxylic acids is 2. The number of nitrogens with one attached hydrogen (secondary N) is 2. The summed E-state index contributed by atoms with van der Waals surface area (Å²) in [5.74, 6) is 2.32. The van der Waals surface area contributed by atoms with Gasteiger partial charge in [0, 0.05) is 81.8 Å². The lowest BCUT2D eigenvalue weighted by Gasteiger charge is -2.41.